The van der Waals surface area contributed by atoms with Gasteiger partial charge in [0.25, 0.3) is 0 Å². The highest BCUT2D eigenvalue weighted by atomic mass is 35.5. The maximum absolute atomic E-state index is 13.2. The van der Waals surface area contributed by atoms with Gasteiger partial charge < -0.3 is 20.6 Å². The Hall–Kier alpha value is -3.17. The third-order valence-electron chi connectivity index (χ3n) is 5.04. The lowest BCUT2D eigenvalue weighted by atomic mass is 10.1. The Kier molecular flexibility index (Phi) is 6.63. The normalized spacial score (nSPS) is 14.5. The SMILES string of the molecule is O=C([C@@H](Nc1nc(Nc2cnn(CCO)c2)ncc1Cl)c1ccccc1)N1CCCC1. The van der Waals surface area contributed by atoms with Crippen molar-refractivity contribution in [2.24, 2.45) is 0 Å². The molecule has 9 nitrogen and oxygen atoms in total. The minimum absolute atomic E-state index is 0.00143. The number of benzene rings is 1. The first-order valence-corrected chi connectivity index (χ1v) is 10.5. The van der Waals surface area contributed by atoms with Gasteiger partial charge in [0.05, 0.1) is 31.2 Å². The van der Waals surface area contributed by atoms with Crippen LogP contribution in [0.25, 0.3) is 0 Å². The Labute approximate surface area is 185 Å². The zero-order valence-corrected chi connectivity index (χ0v) is 17.7. The summed E-state index contributed by atoms with van der Waals surface area (Å²) < 4.78 is 1.61. The Morgan fingerprint density at radius 1 is 1.19 bits per heavy atom. The average molecular weight is 442 g/mol. The second-order valence-electron chi connectivity index (χ2n) is 7.25. The van der Waals surface area contributed by atoms with Gasteiger partial charge in [-0.1, -0.05) is 41.9 Å². The van der Waals surface area contributed by atoms with E-state index in [1.54, 1.807) is 17.1 Å². The van der Waals surface area contributed by atoms with Crippen molar-refractivity contribution in [2.45, 2.75) is 25.4 Å². The van der Waals surface area contributed by atoms with Gasteiger partial charge in [-0.2, -0.15) is 10.1 Å². The van der Waals surface area contributed by atoms with E-state index in [2.05, 4.69) is 25.7 Å². The Balaban J connectivity index is 1.57. The molecular formula is C21H24ClN7O2. The minimum atomic E-state index is -0.605. The number of rotatable bonds is 8. The van der Waals surface area contributed by atoms with Crippen LogP contribution in [0.1, 0.15) is 24.4 Å². The summed E-state index contributed by atoms with van der Waals surface area (Å²) in [6.07, 6.45) is 6.87. The molecule has 31 heavy (non-hydrogen) atoms. The van der Waals surface area contributed by atoms with Crippen molar-refractivity contribution in [3.05, 3.63) is 59.5 Å². The number of amides is 1. The number of hydrogen-bond acceptors (Lipinski definition) is 7. The molecule has 3 N–H and O–H groups in total. The molecule has 0 radical (unpaired) electrons. The number of aromatic nitrogens is 4. The minimum Gasteiger partial charge on any atom is -0.394 e. The lowest BCUT2D eigenvalue weighted by Crippen LogP contribution is -2.36. The van der Waals surface area contributed by atoms with E-state index in [0.29, 0.717) is 29.0 Å². The van der Waals surface area contributed by atoms with E-state index in [1.165, 1.54) is 6.20 Å². The summed E-state index contributed by atoms with van der Waals surface area (Å²) >= 11 is 6.36. The molecule has 3 aromatic rings. The average Bonchev–Trinajstić information content (AvgIpc) is 3.47. The fraction of sp³-hybridized carbons (Fsp3) is 0.333. The molecule has 0 aliphatic carbocycles. The lowest BCUT2D eigenvalue weighted by Gasteiger charge is -2.25. The number of nitrogens with zero attached hydrogens (tertiary/aromatic N) is 5. The first kappa shape index (κ1) is 21.1. The molecule has 0 unspecified atom stereocenters. The van der Waals surface area contributed by atoms with Crippen LogP contribution in [0.5, 0.6) is 0 Å². The largest absolute Gasteiger partial charge is 0.394 e. The Bertz CT molecular complexity index is 1020. The van der Waals surface area contributed by atoms with Gasteiger partial charge in [-0.05, 0) is 18.4 Å². The van der Waals surface area contributed by atoms with Crippen molar-refractivity contribution in [1.29, 1.82) is 0 Å². The van der Waals surface area contributed by atoms with Gasteiger partial charge in [0.15, 0.2) is 5.82 Å². The molecule has 1 atom stereocenters. The first-order valence-electron chi connectivity index (χ1n) is 10.2. The molecule has 1 fully saturated rings. The van der Waals surface area contributed by atoms with E-state index in [1.807, 2.05) is 35.2 Å². The predicted octanol–water partition coefficient (Wildman–Crippen LogP) is 2.84. The van der Waals surface area contributed by atoms with Gasteiger partial charge in [0.1, 0.15) is 11.1 Å². The molecule has 0 bridgehead atoms. The maximum Gasteiger partial charge on any atom is 0.249 e. The highest BCUT2D eigenvalue weighted by molar-refractivity contribution is 6.32. The van der Waals surface area contributed by atoms with E-state index in [-0.39, 0.29) is 12.5 Å². The number of likely N-dealkylation sites (tertiary alicyclic amines) is 1. The summed E-state index contributed by atoms with van der Waals surface area (Å²) in [4.78, 5) is 23.8. The van der Waals surface area contributed by atoms with Crippen LogP contribution >= 0.6 is 11.6 Å². The lowest BCUT2D eigenvalue weighted by molar-refractivity contribution is -0.131. The quantitative estimate of drug-likeness (QED) is 0.493. The monoisotopic (exact) mass is 441 g/mol. The van der Waals surface area contributed by atoms with E-state index in [4.69, 9.17) is 16.7 Å². The number of nitrogens with one attached hydrogen (secondary N) is 2. The molecule has 2 aromatic heterocycles. The topological polar surface area (TPSA) is 108 Å². The van der Waals surface area contributed by atoms with Crippen molar-refractivity contribution in [1.82, 2.24) is 24.6 Å². The van der Waals surface area contributed by atoms with Gasteiger partial charge in [-0.15, -0.1) is 0 Å². The van der Waals surface area contributed by atoms with E-state index in [9.17, 15) is 4.79 Å². The van der Waals surface area contributed by atoms with Crippen LogP contribution in [0.15, 0.2) is 48.9 Å². The number of carbonyl (C=O) groups is 1. The molecule has 4 rings (SSSR count). The third kappa shape index (κ3) is 5.12. The summed E-state index contributed by atoms with van der Waals surface area (Å²) in [5, 5.41) is 19.8. The summed E-state index contributed by atoms with van der Waals surface area (Å²) in [5.74, 6) is 0.678. The van der Waals surface area contributed by atoms with Crippen LogP contribution in [0.4, 0.5) is 17.5 Å². The van der Waals surface area contributed by atoms with Crippen LogP contribution in [0, 0.1) is 0 Å². The molecule has 1 amide bonds. The van der Waals surface area contributed by atoms with Crippen molar-refractivity contribution in [3.63, 3.8) is 0 Å². The highest BCUT2D eigenvalue weighted by Crippen LogP contribution is 2.28. The molecule has 10 heteroatoms. The van der Waals surface area contributed by atoms with Gasteiger partial charge in [0.2, 0.25) is 11.9 Å². The van der Waals surface area contributed by atoms with Crippen molar-refractivity contribution in [2.75, 3.05) is 30.3 Å². The van der Waals surface area contributed by atoms with E-state index >= 15 is 0 Å². The summed E-state index contributed by atoms with van der Waals surface area (Å²) in [7, 11) is 0. The van der Waals surface area contributed by atoms with Gasteiger partial charge in [-0.25, -0.2) is 4.98 Å². The van der Waals surface area contributed by atoms with Crippen LogP contribution < -0.4 is 10.6 Å². The number of halogens is 1. The molecule has 162 valence electrons. The number of hydrogen-bond donors (Lipinski definition) is 3. The molecule has 3 heterocycles. The number of carbonyl (C=O) groups excluding carboxylic acids is 1. The van der Waals surface area contributed by atoms with Gasteiger partial charge >= 0.3 is 0 Å². The first-order chi connectivity index (χ1) is 15.1. The fourth-order valence-corrected chi connectivity index (χ4v) is 3.65. The maximum atomic E-state index is 13.2. The zero-order chi connectivity index (χ0) is 21.6. The summed E-state index contributed by atoms with van der Waals surface area (Å²) in [6.45, 7) is 1.91. The van der Waals surface area contributed by atoms with Crippen molar-refractivity contribution >= 4 is 35.0 Å². The van der Waals surface area contributed by atoms with Crippen LogP contribution in [-0.4, -0.2) is 55.4 Å². The number of aliphatic hydroxyl groups excluding tert-OH is 1. The Morgan fingerprint density at radius 2 is 1.97 bits per heavy atom. The molecular weight excluding hydrogens is 418 g/mol. The van der Waals surface area contributed by atoms with Crippen LogP contribution in [0.3, 0.4) is 0 Å². The van der Waals surface area contributed by atoms with Crippen LogP contribution in [-0.2, 0) is 11.3 Å². The number of aliphatic hydroxyl groups is 1. The predicted molar refractivity (Wildman–Crippen MR) is 118 cm³/mol. The highest BCUT2D eigenvalue weighted by Gasteiger charge is 2.28. The van der Waals surface area contributed by atoms with E-state index < -0.39 is 6.04 Å². The smallest absolute Gasteiger partial charge is 0.249 e. The standard InChI is InChI=1S/C21H24ClN7O2/c22-17-13-23-21(25-16-12-24-29(14-16)10-11-30)27-19(17)26-18(15-6-2-1-3-7-15)20(31)28-8-4-5-9-28/h1-3,6-7,12-14,18,30H,4-5,8-11H2,(H2,23,25,26,27)/t18-/m0/s1. The fourth-order valence-electron chi connectivity index (χ4n) is 3.50. The molecule has 1 aliphatic heterocycles. The molecule has 0 saturated carbocycles. The van der Waals surface area contributed by atoms with Gasteiger partial charge in [0, 0.05) is 19.3 Å². The molecule has 1 saturated heterocycles. The second kappa shape index (κ2) is 9.76. The van der Waals surface area contributed by atoms with Gasteiger partial charge in [-0.3, -0.25) is 9.48 Å². The Morgan fingerprint density at radius 3 is 2.71 bits per heavy atom. The van der Waals surface area contributed by atoms with Crippen molar-refractivity contribution < 1.29 is 9.90 Å². The second-order valence-corrected chi connectivity index (χ2v) is 7.66. The summed E-state index contributed by atoms with van der Waals surface area (Å²) in [5.41, 5.74) is 1.52. The van der Waals surface area contributed by atoms with E-state index in [0.717, 1.165) is 31.5 Å². The third-order valence-corrected chi connectivity index (χ3v) is 5.32. The van der Waals surface area contributed by atoms with Crippen LogP contribution in [0.2, 0.25) is 5.02 Å². The molecule has 1 aromatic carbocycles. The van der Waals surface area contributed by atoms with Crippen molar-refractivity contribution in [3.8, 4) is 0 Å². The molecule has 0 spiro atoms. The zero-order valence-electron chi connectivity index (χ0n) is 16.9. The molecule has 1 aliphatic rings. The number of anilines is 3. The summed E-state index contributed by atoms with van der Waals surface area (Å²) in [6, 6.07) is 8.94.